The molecule has 0 atom stereocenters. The molecule has 0 radical (unpaired) electrons. The third kappa shape index (κ3) is 4.64. The number of aliphatic hydroxyl groups is 1. The number of alkyl halides is 3. The first kappa shape index (κ1) is 23.4. The summed E-state index contributed by atoms with van der Waals surface area (Å²) in [6.07, 6.45) is -3.08. The van der Waals surface area contributed by atoms with Gasteiger partial charge < -0.3 is 5.11 Å². The number of nitrogens with zero attached hydrogens (tertiary/aromatic N) is 2. The summed E-state index contributed by atoms with van der Waals surface area (Å²) in [5, 5.41) is 11.4. The van der Waals surface area contributed by atoms with Gasteiger partial charge in [-0.25, -0.2) is 4.98 Å². The molecule has 170 valence electrons. The zero-order chi connectivity index (χ0) is 24.0. The molecule has 0 saturated heterocycles. The van der Waals surface area contributed by atoms with Gasteiger partial charge in [-0.1, -0.05) is 65.7 Å². The van der Waals surface area contributed by atoms with Crippen LogP contribution in [0.3, 0.4) is 0 Å². The van der Waals surface area contributed by atoms with Crippen molar-refractivity contribution in [3.63, 3.8) is 0 Å². The lowest BCUT2D eigenvalue weighted by molar-refractivity contribution is -0.137. The Morgan fingerprint density at radius 3 is 2.21 bits per heavy atom. The SMILES string of the molecule is CC(C)(O)c1cn(-c2cccc(-c3cccc(Cl)c3)c2Cl)c(-c2ccccc2C(F)(F)F)n1. The van der Waals surface area contributed by atoms with Crippen LogP contribution in [-0.4, -0.2) is 14.7 Å². The quantitative estimate of drug-likeness (QED) is 0.317. The van der Waals surface area contributed by atoms with Crippen LogP contribution in [0.1, 0.15) is 25.1 Å². The average Bonchev–Trinajstić information content (AvgIpc) is 3.19. The monoisotopic (exact) mass is 490 g/mol. The molecule has 0 bridgehead atoms. The second-order valence-corrected chi connectivity index (χ2v) is 8.89. The lowest BCUT2D eigenvalue weighted by Gasteiger charge is -2.16. The summed E-state index contributed by atoms with van der Waals surface area (Å²) < 4.78 is 42.8. The van der Waals surface area contributed by atoms with Crippen molar-refractivity contribution in [1.82, 2.24) is 9.55 Å². The first-order valence-electron chi connectivity index (χ1n) is 10.0. The van der Waals surface area contributed by atoms with E-state index in [1.165, 1.54) is 42.8 Å². The summed E-state index contributed by atoms with van der Waals surface area (Å²) in [7, 11) is 0. The van der Waals surface area contributed by atoms with Gasteiger partial charge in [0.05, 0.1) is 22.0 Å². The number of hydrogen-bond donors (Lipinski definition) is 1. The first-order chi connectivity index (χ1) is 15.5. The van der Waals surface area contributed by atoms with E-state index in [1.807, 2.05) is 6.07 Å². The molecule has 1 heterocycles. The van der Waals surface area contributed by atoms with Crippen LogP contribution in [0.2, 0.25) is 10.0 Å². The van der Waals surface area contributed by atoms with Gasteiger partial charge in [-0.15, -0.1) is 0 Å². The molecule has 0 unspecified atom stereocenters. The molecule has 0 amide bonds. The van der Waals surface area contributed by atoms with E-state index in [9.17, 15) is 18.3 Å². The standard InChI is InChI=1S/C25H19Cl2F3N2O/c1-24(2,33)21-14-32(23(31-21)18-9-3-4-11-19(18)25(28,29)30)20-12-6-10-17(22(20)27)15-7-5-8-16(26)13-15/h3-14,33H,1-2H3. The molecule has 3 nitrogen and oxygen atoms in total. The summed E-state index contributed by atoms with van der Waals surface area (Å²) in [5.74, 6) is 0.0187. The van der Waals surface area contributed by atoms with Gasteiger partial charge in [0, 0.05) is 22.3 Å². The number of hydrogen-bond acceptors (Lipinski definition) is 2. The van der Waals surface area contributed by atoms with Crippen molar-refractivity contribution in [1.29, 1.82) is 0 Å². The number of halogens is 5. The minimum absolute atomic E-state index is 0.0187. The van der Waals surface area contributed by atoms with E-state index in [1.54, 1.807) is 36.4 Å². The molecule has 33 heavy (non-hydrogen) atoms. The molecule has 4 rings (SSSR count). The van der Waals surface area contributed by atoms with Crippen molar-refractivity contribution in [2.24, 2.45) is 0 Å². The van der Waals surface area contributed by atoms with Gasteiger partial charge in [-0.2, -0.15) is 13.2 Å². The highest BCUT2D eigenvalue weighted by Gasteiger charge is 2.35. The maximum Gasteiger partial charge on any atom is 0.417 e. The predicted octanol–water partition coefficient (Wildman–Crippen LogP) is 7.76. The summed E-state index contributed by atoms with van der Waals surface area (Å²) >= 11 is 12.9. The number of benzene rings is 3. The molecular weight excluding hydrogens is 472 g/mol. The normalized spacial score (nSPS) is 12.2. The van der Waals surface area contributed by atoms with Crippen LogP contribution in [0, 0.1) is 0 Å². The molecule has 8 heteroatoms. The maximum atomic E-state index is 13.8. The molecular formula is C25H19Cl2F3N2O. The molecule has 1 N–H and O–H groups in total. The number of rotatable bonds is 4. The van der Waals surface area contributed by atoms with Crippen LogP contribution >= 0.6 is 23.2 Å². The van der Waals surface area contributed by atoms with E-state index in [2.05, 4.69) is 4.98 Å². The average molecular weight is 491 g/mol. The van der Waals surface area contributed by atoms with Crippen LogP contribution in [0.25, 0.3) is 28.2 Å². The fraction of sp³-hybridized carbons (Fsp3) is 0.160. The van der Waals surface area contributed by atoms with Gasteiger partial charge in [0.1, 0.15) is 11.4 Å². The molecule has 0 aliphatic rings. The van der Waals surface area contributed by atoms with Gasteiger partial charge in [-0.05, 0) is 43.7 Å². The molecule has 3 aromatic carbocycles. The summed E-state index contributed by atoms with van der Waals surface area (Å²) in [6.45, 7) is 3.03. The fourth-order valence-electron chi connectivity index (χ4n) is 3.56. The van der Waals surface area contributed by atoms with Gasteiger partial charge in [0.15, 0.2) is 0 Å². The Hall–Kier alpha value is -2.80. The van der Waals surface area contributed by atoms with Gasteiger partial charge in [0.2, 0.25) is 0 Å². The third-order valence-corrected chi connectivity index (χ3v) is 5.81. The molecule has 0 saturated carbocycles. The predicted molar refractivity (Wildman–Crippen MR) is 125 cm³/mol. The zero-order valence-corrected chi connectivity index (χ0v) is 19.2. The second-order valence-electron chi connectivity index (χ2n) is 8.07. The minimum atomic E-state index is -4.59. The van der Waals surface area contributed by atoms with Crippen molar-refractivity contribution in [3.05, 3.63) is 94.2 Å². The Kier molecular flexibility index (Phi) is 6.03. The number of aromatic nitrogens is 2. The highest BCUT2D eigenvalue weighted by atomic mass is 35.5. The van der Waals surface area contributed by atoms with E-state index in [4.69, 9.17) is 23.2 Å². The number of imidazole rings is 1. The molecule has 4 aromatic rings. The highest BCUT2D eigenvalue weighted by Crippen LogP contribution is 2.40. The van der Waals surface area contributed by atoms with Gasteiger partial charge >= 0.3 is 6.18 Å². The van der Waals surface area contributed by atoms with Crippen molar-refractivity contribution < 1.29 is 18.3 Å². The highest BCUT2D eigenvalue weighted by molar-refractivity contribution is 6.35. The third-order valence-electron chi connectivity index (χ3n) is 5.18. The van der Waals surface area contributed by atoms with E-state index < -0.39 is 17.3 Å². The second kappa shape index (κ2) is 8.52. The largest absolute Gasteiger partial charge is 0.417 e. The van der Waals surface area contributed by atoms with Crippen LogP contribution in [-0.2, 0) is 11.8 Å². The van der Waals surface area contributed by atoms with Crippen molar-refractivity contribution in [2.75, 3.05) is 0 Å². The summed E-state index contributed by atoms with van der Waals surface area (Å²) in [4.78, 5) is 4.39. The molecule has 0 spiro atoms. The van der Waals surface area contributed by atoms with Gasteiger partial charge in [0.25, 0.3) is 0 Å². The lowest BCUT2D eigenvalue weighted by Crippen LogP contribution is -2.15. The van der Waals surface area contributed by atoms with E-state index >= 15 is 0 Å². The van der Waals surface area contributed by atoms with E-state index in [-0.39, 0.29) is 17.1 Å². The van der Waals surface area contributed by atoms with E-state index in [0.29, 0.717) is 21.3 Å². The summed E-state index contributed by atoms with van der Waals surface area (Å²) in [5.41, 5.74) is -0.294. The smallest absolute Gasteiger partial charge is 0.384 e. The zero-order valence-electron chi connectivity index (χ0n) is 17.7. The molecule has 0 aliphatic heterocycles. The van der Waals surface area contributed by atoms with Crippen LogP contribution in [0.4, 0.5) is 13.2 Å². The van der Waals surface area contributed by atoms with Gasteiger partial charge in [-0.3, -0.25) is 4.57 Å². The Balaban J connectivity index is 1.99. The molecule has 0 fully saturated rings. The van der Waals surface area contributed by atoms with Crippen LogP contribution < -0.4 is 0 Å². The van der Waals surface area contributed by atoms with E-state index in [0.717, 1.165) is 11.6 Å². The Labute approximate surface area is 199 Å². The Morgan fingerprint density at radius 1 is 0.879 bits per heavy atom. The van der Waals surface area contributed by atoms with Crippen molar-refractivity contribution >= 4 is 23.2 Å². The van der Waals surface area contributed by atoms with Crippen LogP contribution in [0.15, 0.2) is 72.9 Å². The fourth-order valence-corrected chi connectivity index (χ4v) is 4.08. The Bertz CT molecular complexity index is 1320. The van der Waals surface area contributed by atoms with Crippen LogP contribution in [0.5, 0.6) is 0 Å². The maximum absolute atomic E-state index is 13.8. The topological polar surface area (TPSA) is 38.0 Å². The minimum Gasteiger partial charge on any atom is -0.384 e. The summed E-state index contributed by atoms with van der Waals surface area (Å²) in [6, 6.07) is 17.5. The lowest BCUT2D eigenvalue weighted by atomic mass is 10.0. The molecule has 1 aromatic heterocycles. The first-order valence-corrected chi connectivity index (χ1v) is 10.8. The van der Waals surface area contributed by atoms with Crippen molar-refractivity contribution in [2.45, 2.75) is 25.6 Å². The van der Waals surface area contributed by atoms with Crippen molar-refractivity contribution in [3.8, 4) is 28.2 Å². The molecule has 0 aliphatic carbocycles. The Morgan fingerprint density at radius 2 is 1.55 bits per heavy atom.